The van der Waals surface area contributed by atoms with E-state index in [1.165, 1.54) is 22.5 Å². The number of hydrogen-bond acceptors (Lipinski definition) is 6. The highest BCUT2D eigenvalue weighted by molar-refractivity contribution is 7.15. The van der Waals surface area contributed by atoms with Gasteiger partial charge in [0.05, 0.1) is 0 Å². The Bertz CT molecular complexity index is 656. The highest BCUT2D eigenvalue weighted by atomic mass is 32.1. The van der Waals surface area contributed by atoms with Crippen LogP contribution in [0.15, 0.2) is 18.2 Å². The van der Waals surface area contributed by atoms with Crippen molar-refractivity contribution in [3.63, 3.8) is 0 Å². The third-order valence-electron chi connectivity index (χ3n) is 3.31. The molecule has 110 valence electrons. The number of amides is 1. The average molecular weight is 304 g/mol. The monoisotopic (exact) mass is 304 g/mol. The number of hydrogen-bond donors (Lipinski definition) is 2. The fourth-order valence-corrected chi connectivity index (χ4v) is 2.98. The van der Waals surface area contributed by atoms with E-state index in [0.717, 1.165) is 24.5 Å². The first kappa shape index (κ1) is 14.1. The molecule has 0 bridgehead atoms. The topological polar surface area (TPSA) is 76.1 Å². The molecule has 2 aromatic rings. The van der Waals surface area contributed by atoms with E-state index in [4.69, 9.17) is 4.74 Å². The minimum Gasteiger partial charge on any atom is -0.377 e. The summed E-state index contributed by atoms with van der Waals surface area (Å²) in [6.07, 6.45) is 0.952. The first-order valence-corrected chi connectivity index (χ1v) is 7.53. The van der Waals surface area contributed by atoms with Crippen LogP contribution in [-0.2, 0) is 24.3 Å². The van der Waals surface area contributed by atoms with Gasteiger partial charge in [-0.1, -0.05) is 17.4 Å². The van der Waals surface area contributed by atoms with Crippen molar-refractivity contribution in [2.75, 3.05) is 19.0 Å². The largest absolute Gasteiger partial charge is 0.377 e. The molecular weight excluding hydrogens is 288 g/mol. The summed E-state index contributed by atoms with van der Waals surface area (Å²) < 4.78 is 4.98. The first-order valence-electron chi connectivity index (χ1n) is 6.71. The molecule has 2 heterocycles. The van der Waals surface area contributed by atoms with E-state index in [1.54, 1.807) is 7.11 Å². The van der Waals surface area contributed by atoms with Crippen molar-refractivity contribution in [2.45, 2.75) is 19.6 Å². The molecule has 0 saturated heterocycles. The number of fused-ring (bicyclic) bond motifs is 1. The SMILES string of the molecule is COCc1nnc(NC(=O)c2ccc3c(c2)CCNC3)s1. The fourth-order valence-electron chi connectivity index (χ4n) is 2.27. The molecule has 0 fully saturated rings. The maximum Gasteiger partial charge on any atom is 0.257 e. The van der Waals surface area contributed by atoms with Crippen LogP contribution in [0.25, 0.3) is 0 Å². The molecule has 0 radical (unpaired) electrons. The zero-order chi connectivity index (χ0) is 14.7. The first-order chi connectivity index (χ1) is 10.3. The Morgan fingerprint density at radius 3 is 3.19 bits per heavy atom. The van der Waals surface area contributed by atoms with Gasteiger partial charge in [-0.3, -0.25) is 10.1 Å². The molecule has 1 aliphatic rings. The quantitative estimate of drug-likeness (QED) is 0.897. The van der Waals surface area contributed by atoms with Gasteiger partial charge >= 0.3 is 0 Å². The Labute approximate surface area is 126 Å². The number of nitrogens with one attached hydrogen (secondary N) is 2. The summed E-state index contributed by atoms with van der Waals surface area (Å²) in [7, 11) is 1.60. The van der Waals surface area contributed by atoms with Gasteiger partial charge in [-0.05, 0) is 36.2 Å². The van der Waals surface area contributed by atoms with E-state index in [9.17, 15) is 4.79 Å². The minimum absolute atomic E-state index is 0.156. The van der Waals surface area contributed by atoms with Gasteiger partial charge in [0.25, 0.3) is 5.91 Å². The zero-order valence-electron chi connectivity index (χ0n) is 11.7. The Morgan fingerprint density at radius 2 is 2.33 bits per heavy atom. The normalized spacial score (nSPS) is 13.8. The van der Waals surface area contributed by atoms with Crippen LogP contribution >= 0.6 is 11.3 Å². The zero-order valence-corrected chi connectivity index (χ0v) is 12.5. The van der Waals surface area contributed by atoms with Crippen molar-refractivity contribution < 1.29 is 9.53 Å². The number of nitrogens with zero attached hydrogens (tertiary/aromatic N) is 2. The van der Waals surface area contributed by atoms with Crippen LogP contribution in [0.5, 0.6) is 0 Å². The average Bonchev–Trinajstić information content (AvgIpc) is 2.94. The molecule has 1 aromatic carbocycles. The highest BCUT2D eigenvalue weighted by Crippen LogP contribution is 2.19. The second-order valence-electron chi connectivity index (χ2n) is 4.80. The van der Waals surface area contributed by atoms with Gasteiger partial charge in [0.2, 0.25) is 5.13 Å². The molecule has 2 N–H and O–H groups in total. The summed E-state index contributed by atoms with van der Waals surface area (Å²) in [4.78, 5) is 12.2. The number of aromatic nitrogens is 2. The molecule has 1 aromatic heterocycles. The van der Waals surface area contributed by atoms with Crippen molar-refractivity contribution in [3.8, 4) is 0 Å². The third kappa shape index (κ3) is 3.26. The van der Waals surface area contributed by atoms with E-state index in [1.807, 2.05) is 18.2 Å². The Balaban J connectivity index is 1.72. The summed E-state index contributed by atoms with van der Waals surface area (Å²) in [6, 6.07) is 5.81. The van der Waals surface area contributed by atoms with Crippen LogP contribution in [-0.4, -0.2) is 29.8 Å². The molecular formula is C14H16N4O2S. The summed E-state index contributed by atoms with van der Waals surface area (Å²) in [5.74, 6) is -0.156. The molecule has 21 heavy (non-hydrogen) atoms. The number of anilines is 1. The van der Waals surface area contributed by atoms with Crippen molar-refractivity contribution in [3.05, 3.63) is 39.9 Å². The van der Waals surface area contributed by atoms with Crippen LogP contribution < -0.4 is 10.6 Å². The lowest BCUT2D eigenvalue weighted by Crippen LogP contribution is -2.24. The lowest BCUT2D eigenvalue weighted by molar-refractivity contribution is 0.102. The number of methoxy groups -OCH3 is 1. The molecule has 7 heteroatoms. The molecule has 3 rings (SSSR count). The van der Waals surface area contributed by atoms with Gasteiger partial charge in [0.1, 0.15) is 11.6 Å². The molecule has 0 aliphatic carbocycles. The van der Waals surface area contributed by atoms with Crippen molar-refractivity contribution in [1.82, 2.24) is 15.5 Å². The maximum absolute atomic E-state index is 12.2. The highest BCUT2D eigenvalue weighted by Gasteiger charge is 2.14. The van der Waals surface area contributed by atoms with Gasteiger partial charge in [0, 0.05) is 19.2 Å². The van der Waals surface area contributed by atoms with E-state index < -0.39 is 0 Å². The second kappa shape index (κ2) is 6.30. The van der Waals surface area contributed by atoms with E-state index in [2.05, 4.69) is 20.8 Å². The van der Waals surface area contributed by atoms with E-state index in [-0.39, 0.29) is 5.91 Å². The Hall–Kier alpha value is -1.83. The third-order valence-corrected chi connectivity index (χ3v) is 4.12. The lowest BCUT2D eigenvalue weighted by atomic mass is 9.98. The van der Waals surface area contributed by atoms with Crippen molar-refractivity contribution in [1.29, 1.82) is 0 Å². The minimum atomic E-state index is -0.156. The van der Waals surface area contributed by atoms with Gasteiger partial charge in [-0.25, -0.2) is 0 Å². The van der Waals surface area contributed by atoms with Gasteiger partial charge < -0.3 is 10.1 Å². The van der Waals surface area contributed by atoms with Crippen LogP contribution in [0.4, 0.5) is 5.13 Å². The number of rotatable bonds is 4. The van der Waals surface area contributed by atoms with Crippen LogP contribution in [0, 0.1) is 0 Å². The number of ether oxygens (including phenoxy) is 1. The van der Waals surface area contributed by atoms with Gasteiger partial charge in [-0.15, -0.1) is 10.2 Å². The summed E-state index contributed by atoms with van der Waals surface area (Å²) in [5.41, 5.74) is 3.15. The predicted octanol–water partition coefficient (Wildman–Crippen LogP) is 1.58. The number of carbonyl (C=O) groups excluding carboxylic acids is 1. The van der Waals surface area contributed by atoms with E-state index in [0.29, 0.717) is 17.3 Å². The van der Waals surface area contributed by atoms with Gasteiger partial charge in [-0.2, -0.15) is 0 Å². The summed E-state index contributed by atoms with van der Waals surface area (Å²) in [6.45, 7) is 2.22. The van der Waals surface area contributed by atoms with Gasteiger partial charge in [0.15, 0.2) is 0 Å². The second-order valence-corrected chi connectivity index (χ2v) is 5.86. The Morgan fingerprint density at radius 1 is 1.43 bits per heavy atom. The summed E-state index contributed by atoms with van der Waals surface area (Å²) >= 11 is 1.32. The molecule has 1 amide bonds. The van der Waals surface area contributed by atoms with Crippen LogP contribution in [0.1, 0.15) is 26.5 Å². The molecule has 0 spiro atoms. The molecule has 0 unspecified atom stereocenters. The Kier molecular flexibility index (Phi) is 4.23. The number of benzene rings is 1. The van der Waals surface area contributed by atoms with Crippen LogP contribution in [0.2, 0.25) is 0 Å². The number of carbonyl (C=O) groups is 1. The van der Waals surface area contributed by atoms with E-state index >= 15 is 0 Å². The summed E-state index contributed by atoms with van der Waals surface area (Å²) in [5, 5.41) is 15.2. The fraction of sp³-hybridized carbons (Fsp3) is 0.357. The smallest absolute Gasteiger partial charge is 0.257 e. The standard InChI is InChI=1S/C14H16N4O2S/c1-20-8-12-17-18-14(21-12)16-13(19)10-2-3-11-7-15-5-4-9(11)6-10/h2-3,6,15H,4-5,7-8H2,1H3,(H,16,18,19). The van der Waals surface area contributed by atoms with Crippen LogP contribution in [0.3, 0.4) is 0 Å². The molecule has 6 nitrogen and oxygen atoms in total. The molecule has 0 saturated carbocycles. The molecule has 1 aliphatic heterocycles. The maximum atomic E-state index is 12.2. The van der Waals surface area contributed by atoms with Crippen molar-refractivity contribution in [2.24, 2.45) is 0 Å². The lowest BCUT2D eigenvalue weighted by Gasteiger charge is -2.17. The molecule has 0 atom stereocenters. The predicted molar refractivity (Wildman–Crippen MR) is 80.4 cm³/mol. The van der Waals surface area contributed by atoms with Crippen molar-refractivity contribution >= 4 is 22.4 Å².